The van der Waals surface area contributed by atoms with Gasteiger partial charge in [-0.05, 0) is 38.4 Å². The van der Waals surface area contributed by atoms with Gasteiger partial charge in [-0.15, -0.1) is 0 Å². The summed E-state index contributed by atoms with van der Waals surface area (Å²) in [7, 11) is 1.40. The van der Waals surface area contributed by atoms with Crippen LogP contribution < -0.4 is 10.2 Å². The van der Waals surface area contributed by atoms with Crippen molar-refractivity contribution in [1.29, 1.82) is 0 Å². The third-order valence-corrected chi connectivity index (χ3v) is 3.52. The number of hydrogen-bond donors (Lipinski definition) is 1. The third-order valence-electron chi connectivity index (χ3n) is 3.52. The van der Waals surface area contributed by atoms with E-state index in [1.54, 1.807) is 18.3 Å². The van der Waals surface area contributed by atoms with Crippen molar-refractivity contribution in [2.75, 3.05) is 31.6 Å². The Balaban J connectivity index is 2.29. The molecule has 1 saturated heterocycles. The highest BCUT2D eigenvalue weighted by Crippen LogP contribution is 2.22. The molecule has 0 aliphatic carbocycles. The normalized spacial score (nSPS) is 18.9. The Bertz CT molecular complexity index is 430. The van der Waals surface area contributed by atoms with Crippen molar-refractivity contribution in [1.82, 2.24) is 10.3 Å². The minimum absolute atomic E-state index is 0.328. The second kappa shape index (κ2) is 6.52. The van der Waals surface area contributed by atoms with E-state index in [1.807, 2.05) is 0 Å². The number of ether oxygens (including phenoxy) is 1. The van der Waals surface area contributed by atoms with Gasteiger partial charge in [0.1, 0.15) is 11.4 Å². The summed E-state index contributed by atoms with van der Waals surface area (Å²) in [6.07, 6.45) is 4.00. The minimum atomic E-state index is -0.328. The van der Waals surface area contributed by atoms with Crippen LogP contribution in [0.1, 0.15) is 30.1 Å². The molecule has 2 heterocycles. The maximum atomic E-state index is 11.8. The predicted octanol–water partition coefficient (Wildman–Crippen LogP) is 1.45. The Kier molecular flexibility index (Phi) is 4.74. The molecule has 1 aromatic heterocycles. The first-order chi connectivity index (χ1) is 9.27. The van der Waals surface area contributed by atoms with E-state index in [0.29, 0.717) is 11.6 Å². The Labute approximate surface area is 114 Å². The Morgan fingerprint density at radius 2 is 2.47 bits per heavy atom. The number of carbonyl (C=O) groups is 1. The standard InChI is InChI=1S/C14H21N3O2/c1-3-17(11-6-4-8-15-10-11)13-12(14(18)19-2)7-5-9-16-13/h5,7,9,11,15H,3-4,6,8,10H2,1-2H3. The number of aromatic nitrogens is 1. The van der Waals surface area contributed by atoms with Crippen LogP contribution in [0.4, 0.5) is 5.82 Å². The molecule has 0 bridgehead atoms. The summed E-state index contributed by atoms with van der Waals surface area (Å²) in [5, 5.41) is 3.40. The van der Waals surface area contributed by atoms with Crippen molar-refractivity contribution in [3.8, 4) is 0 Å². The highest BCUT2D eigenvalue weighted by atomic mass is 16.5. The number of carbonyl (C=O) groups excluding carboxylic acids is 1. The lowest BCUT2D eigenvalue weighted by molar-refractivity contribution is 0.0601. The molecule has 1 fully saturated rings. The van der Waals surface area contributed by atoms with Crippen LogP contribution in [0.3, 0.4) is 0 Å². The van der Waals surface area contributed by atoms with Crippen LogP contribution in [0, 0.1) is 0 Å². The molecule has 0 aromatic carbocycles. The van der Waals surface area contributed by atoms with E-state index in [0.717, 1.165) is 38.3 Å². The van der Waals surface area contributed by atoms with Crippen molar-refractivity contribution in [3.63, 3.8) is 0 Å². The Morgan fingerprint density at radius 1 is 1.63 bits per heavy atom. The molecule has 0 saturated carbocycles. The van der Waals surface area contributed by atoms with Crippen LogP contribution in [0.25, 0.3) is 0 Å². The lowest BCUT2D eigenvalue weighted by Gasteiger charge is -2.35. The number of esters is 1. The molecule has 1 N–H and O–H groups in total. The van der Waals surface area contributed by atoms with E-state index < -0.39 is 0 Å². The first-order valence-electron chi connectivity index (χ1n) is 6.78. The van der Waals surface area contributed by atoms with Gasteiger partial charge in [-0.1, -0.05) is 0 Å². The highest BCUT2D eigenvalue weighted by Gasteiger charge is 2.25. The smallest absolute Gasteiger partial charge is 0.341 e. The summed E-state index contributed by atoms with van der Waals surface area (Å²) >= 11 is 0. The minimum Gasteiger partial charge on any atom is -0.465 e. The third kappa shape index (κ3) is 3.04. The lowest BCUT2D eigenvalue weighted by atomic mass is 10.1. The van der Waals surface area contributed by atoms with Crippen molar-refractivity contribution in [2.24, 2.45) is 0 Å². The first-order valence-corrected chi connectivity index (χ1v) is 6.78. The second-order valence-electron chi connectivity index (χ2n) is 4.65. The summed E-state index contributed by atoms with van der Waals surface area (Å²) < 4.78 is 4.84. The summed E-state index contributed by atoms with van der Waals surface area (Å²) in [6, 6.07) is 3.92. The zero-order valence-corrected chi connectivity index (χ0v) is 11.6. The number of anilines is 1. The molecule has 0 spiro atoms. The molecule has 5 heteroatoms. The van der Waals surface area contributed by atoms with Gasteiger partial charge >= 0.3 is 5.97 Å². The monoisotopic (exact) mass is 263 g/mol. The van der Waals surface area contributed by atoms with Crippen molar-refractivity contribution < 1.29 is 9.53 Å². The van der Waals surface area contributed by atoms with Gasteiger partial charge in [-0.2, -0.15) is 0 Å². The quantitative estimate of drug-likeness (QED) is 0.833. The van der Waals surface area contributed by atoms with Crippen molar-refractivity contribution in [3.05, 3.63) is 23.9 Å². The predicted molar refractivity (Wildman–Crippen MR) is 74.5 cm³/mol. The maximum Gasteiger partial charge on any atom is 0.341 e. The van der Waals surface area contributed by atoms with Gasteiger partial charge in [0.15, 0.2) is 0 Å². The fourth-order valence-corrected chi connectivity index (χ4v) is 2.58. The first kappa shape index (κ1) is 13.8. The molecule has 1 aliphatic rings. The van der Waals surface area contributed by atoms with E-state index in [-0.39, 0.29) is 5.97 Å². The summed E-state index contributed by atoms with van der Waals surface area (Å²) in [5.74, 6) is 0.399. The van der Waals surface area contributed by atoms with Crippen LogP contribution in [0.15, 0.2) is 18.3 Å². The lowest BCUT2D eigenvalue weighted by Crippen LogP contribution is -2.47. The van der Waals surface area contributed by atoms with Crippen molar-refractivity contribution >= 4 is 11.8 Å². The highest BCUT2D eigenvalue weighted by molar-refractivity contribution is 5.94. The zero-order valence-electron chi connectivity index (χ0n) is 11.6. The van der Waals surface area contributed by atoms with Gasteiger partial charge in [-0.25, -0.2) is 9.78 Å². The zero-order chi connectivity index (χ0) is 13.7. The van der Waals surface area contributed by atoms with Gasteiger partial charge in [-0.3, -0.25) is 0 Å². The number of rotatable bonds is 4. The largest absolute Gasteiger partial charge is 0.465 e. The van der Waals surface area contributed by atoms with Crippen LogP contribution in [-0.2, 0) is 4.74 Å². The molecule has 1 aromatic rings. The van der Waals surface area contributed by atoms with Crippen LogP contribution in [0.2, 0.25) is 0 Å². The number of likely N-dealkylation sites (N-methyl/N-ethyl adjacent to an activating group) is 1. The van der Waals surface area contributed by atoms with Crippen LogP contribution >= 0.6 is 0 Å². The number of nitrogens with zero attached hydrogens (tertiary/aromatic N) is 2. The van der Waals surface area contributed by atoms with Crippen LogP contribution in [0.5, 0.6) is 0 Å². The van der Waals surface area contributed by atoms with E-state index >= 15 is 0 Å². The molecule has 0 radical (unpaired) electrons. The van der Waals surface area contributed by atoms with Gasteiger partial charge in [0, 0.05) is 25.3 Å². The Morgan fingerprint density at radius 3 is 3.11 bits per heavy atom. The fraction of sp³-hybridized carbons (Fsp3) is 0.571. The maximum absolute atomic E-state index is 11.8. The SMILES string of the molecule is CCN(c1ncccc1C(=O)OC)C1CCCNC1. The van der Waals surface area contributed by atoms with Gasteiger partial charge in [0.05, 0.1) is 7.11 Å². The molecule has 104 valence electrons. The molecule has 2 rings (SSSR count). The van der Waals surface area contributed by atoms with E-state index in [2.05, 4.69) is 22.1 Å². The summed E-state index contributed by atoms with van der Waals surface area (Å²) in [4.78, 5) is 18.4. The van der Waals surface area contributed by atoms with Crippen LogP contribution in [-0.4, -0.2) is 43.7 Å². The molecule has 1 atom stereocenters. The van der Waals surface area contributed by atoms with E-state index in [9.17, 15) is 4.79 Å². The van der Waals surface area contributed by atoms with E-state index in [1.165, 1.54) is 7.11 Å². The average molecular weight is 263 g/mol. The molecule has 1 unspecified atom stereocenters. The van der Waals surface area contributed by atoms with E-state index in [4.69, 9.17) is 4.74 Å². The van der Waals surface area contributed by atoms with Gasteiger partial charge in [0.25, 0.3) is 0 Å². The fourth-order valence-electron chi connectivity index (χ4n) is 2.58. The molecule has 5 nitrogen and oxygen atoms in total. The van der Waals surface area contributed by atoms with Crippen molar-refractivity contribution in [2.45, 2.75) is 25.8 Å². The summed E-state index contributed by atoms with van der Waals surface area (Å²) in [6.45, 7) is 4.92. The number of nitrogens with one attached hydrogen (secondary N) is 1. The molecule has 1 aliphatic heterocycles. The Hall–Kier alpha value is -1.62. The molecular formula is C14H21N3O2. The van der Waals surface area contributed by atoms with Gasteiger partial charge < -0.3 is 15.0 Å². The average Bonchev–Trinajstić information content (AvgIpc) is 2.49. The molecular weight excluding hydrogens is 242 g/mol. The molecule has 0 amide bonds. The summed E-state index contributed by atoms with van der Waals surface area (Å²) in [5.41, 5.74) is 0.539. The molecule has 19 heavy (non-hydrogen) atoms. The number of piperidine rings is 1. The topological polar surface area (TPSA) is 54.5 Å². The number of hydrogen-bond acceptors (Lipinski definition) is 5. The number of methoxy groups -OCH3 is 1. The second-order valence-corrected chi connectivity index (χ2v) is 4.65. The van der Waals surface area contributed by atoms with Gasteiger partial charge in [0.2, 0.25) is 0 Å². The number of pyridine rings is 1.